The van der Waals surface area contributed by atoms with Crippen LogP contribution in [-0.2, 0) is 47.4 Å². The van der Waals surface area contributed by atoms with Crippen LogP contribution in [0.15, 0.2) is 23.1 Å². The third kappa shape index (κ3) is 9.05. The number of rotatable bonds is 20. The standard InChI is InChI=1S/C28H42FN3O13P2/c1-5-38-42-46(36,43-39-6-2)26(47(37,44-40-7-3)45-41-8-4)11-12-30-13-15-31(16-14-30)25-18-24-21(17-23(25)29)27(33)22(28(34)35)19-32(24)20-9-10-20/h17-20,26H,5-16H2,1-4H3,(H,34,35). The third-order valence-electron chi connectivity index (χ3n) is 7.52. The zero-order chi connectivity index (χ0) is 34.2. The van der Waals surface area contributed by atoms with Crippen LogP contribution in [-0.4, -0.2) is 85.1 Å². The topological polar surface area (TPSA) is 174 Å². The molecule has 1 aliphatic carbocycles. The minimum absolute atomic E-state index is 0.0140. The summed E-state index contributed by atoms with van der Waals surface area (Å²) in [7, 11) is -9.03. The van der Waals surface area contributed by atoms with E-state index < -0.39 is 43.4 Å². The lowest BCUT2D eigenvalue weighted by Crippen LogP contribution is -2.47. The van der Waals surface area contributed by atoms with Gasteiger partial charge in [0.25, 0.3) is 0 Å². The van der Waals surface area contributed by atoms with Crippen LogP contribution in [0.25, 0.3) is 10.9 Å². The number of pyridine rings is 1. The zero-order valence-corrected chi connectivity index (χ0v) is 28.6. The maximum atomic E-state index is 15.5. The number of carboxylic acid groups (broad SMARTS) is 1. The molecule has 1 aromatic carbocycles. The molecule has 1 aromatic heterocycles. The molecule has 19 heteroatoms. The molecule has 0 unspecified atom stereocenters. The lowest BCUT2D eigenvalue weighted by Gasteiger charge is -2.37. The predicted octanol–water partition coefficient (Wildman–Crippen LogP) is 5.27. The molecule has 2 heterocycles. The van der Waals surface area contributed by atoms with E-state index in [-0.39, 0.29) is 56.5 Å². The average Bonchev–Trinajstić information content (AvgIpc) is 3.91. The Hall–Kier alpha value is -2.27. The van der Waals surface area contributed by atoms with Crippen molar-refractivity contribution in [2.24, 2.45) is 0 Å². The molecular formula is C28H42FN3O13P2. The summed E-state index contributed by atoms with van der Waals surface area (Å²) in [5.41, 5.74) is -0.365. The van der Waals surface area contributed by atoms with E-state index >= 15 is 4.39 Å². The first-order chi connectivity index (χ1) is 22.5. The molecule has 1 N–H and O–H groups in total. The Balaban J connectivity index is 1.54. The Kier molecular flexibility index (Phi) is 13.5. The molecule has 0 bridgehead atoms. The molecule has 16 nitrogen and oxygen atoms in total. The predicted molar refractivity (Wildman–Crippen MR) is 167 cm³/mol. The second-order valence-electron chi connectivity index (χ2n) is 10.7. The molecule has 0 spiro atoms. The van der Waals surface area contributed by atoms with Gasteiger partial charge in [0, 0.05) is 43.8 Å². The van der Waals surface area contributed by atoms with Crippen molar-refractivity contribution >= 4 is 37.8 Å². The monoisotopic (exact) mass is 709 g/mol. The van der Waals surface area contributed by atoms with Crippen molar-refractivity contribution in [3.8, 4) is 0 Å². The summed E-state index contributed by atoms with van der Waals surface area (Å²) in [5, 5.41) is 7.94. The van der Waals surface area contributed by atoms with Gasteiger partial charge in [-0.05, 0) is 65.6 Å². The smallest absolute Gasteiger partial charge is 0.399 e. The second kappa shape index (κ2) is 16.9. The average molecular weight is 710 g/mol. The number of hydrogen-bond acceptors (Lipinski definition) is 14. The first kappa shape index (κ1) is 37.5. The summed E-state index contributed by atoms with van der Waals surface area (Å²) >= 11 is 0. The van der Waals surface area contributed by atoms with Crippen LogP contribution in [0.4, 0.5) is 10.1 Å². The third-order valence-corrected chi connectivity index (χ3v) is 12.4. The molecule has 1 saturated carbocycles. The molecule has 4 rings (SSSR count). The van der Waals surface area contributed by atoms with Crippen LogP contribution in [0, 0.1) is 5.82 Å². The van der Waals surface area contributed by atoms with E-state index in [9.17, 15) is 23.8 Å². The van der Waals surface area contributed by atoms with Crippen molar-refractivity contribution in [1.29, 1.82) is 0 Å². The minimum atomic E-state index is -4.51. The van der Waals surface area contributed by atoms with Gasteiger partial charge in [-0.3, -0.25) is 18.8 Å². The Morgan fingerprint density at radius 3 is 1.85 bits per heavy atom. The van der Waals surface area contributed by atoms with Crippen LogP contribution in [0.2, 0.25) is 0 Å². The van der Waals surface area contributed by atoms with Gasteiger partial charge in [-0.2, -0.15) is 0 Å². The zero-order valence-electron chi connectivity index (χ0n) is 26.8. The highest BCUT2D eigenvalue weighted by Gasteiger charge is 2.55. The first-order valence-corrected chi connectivity index (χ1v) is 18.8. The number of carbonyl (C=O) groups is 1. The van der Waals surface area contributed by atoms with E-state index in [1.807, 2.05) is 9.80 Å². The number of aromatic carboxylic acids is 1. The van der Waals surface area contributed by atoms with Crippen LogP contribution < -0.4 is 10.3 Å². The Morgan fingerprint density at radius 1 is 0.894 bits per heavy atom. The Morgan fingerprint density at radius 2 is 1.40 bits per heavy atom. The largest absolute Gasteiger partial charge is 0.477 e. The Labute approximate surface area is 271 Å². The first-order valence-electron chi connectivity index (χ1n) is 15.5. The van der Waals surface area contributed by atoms with Crippen LogP contribution in [0.5, 0.6) is 0 Å². The van der Waals surface area contributed by atoms with Crippen molar-refractivity contribution in [2.75, 3.05) is 64.1 Å². The molecule has 0 radical (unpaired) electrons. The molecule has 2 aromatic rings. The Bertz CT molecular complexity index is 1470. The second-order valence-corrected chi connectivity index (χ2v) is 15.1. The van der Waals surface area contributed by atoms with Gasteiger partial charge >= 0.3 is 21.2 Å². The minimum Gasteiger partial charge on any atom is -0.477 e. The van der Waals surface area contributed by atoms with Gasteiger partial charge in [-0.1, -0.05) is 0 Å². The van der Waals surface area contributed by atoms with Crippen LogP contribution >= 0.6 is 15.2 Å². The highest BCUT2D eigenvalue weighted by Crippen LogP contribution is 2.72. The molecular weight excluding hydrogens is 667 g/mol. The number of benzene rings is 1. The molecule has 0 atom stereocenters. The number of anilines is 1. The van der Waals surface area contributed by atoms with Crippen molar-refractivity contribution in [1.82, 2.24) is 9.47 Å². The van der Waals surface area contributed by atoms with E-state index in [4.69, 9.17) is 38.2 Å². The van der Waals surface area contributed by atoms with Crippen molar-refractivity contribution in [3.63, 3.8) is 0 Å². The van der Waals surface area contributed by atoms with E-state index in [0.717, 1.165) is 18.9 Å². The maximum absolute atomic E-state index is 15.5. The molecule has 0 amide bonds. The molecule has 1 saturated heterocycles. The number of carboxylic acids is 1. The number of halogens is 1. The number of nitrogens with zero attached hydrogens (tertiary/aromatic N) is 3. The van der Waals surface area contributed by atoms with Gasteiger partial charge in [-0.25, -0.2) is 28.7 Å². The summed E-state index contributed by atoms with van der Waals surface area (Å²) in [4.78, 5) is 48.1. The SMILES string of the molecule is CCOOP(=O)(OOCC)C(CCN1CCN(c2cc3c(cc2F)c(=O)c(C(=O)O)cn3C2CC2)CC1)P(=O)(OOCC)OOCC. The summed E-state index contributed by atoms with van der Waals surface area (Å²) in [6.07, 6.45) is 2.88. The van der Waals surface area contributed by atoms with Crippen molar-refractivity contribution in [2.45, 2.75) is 58.4 Å². The molecule has 2 fully saturated rings. The number of hydrogen-bond donors (Lipinski definition) is 1. The van der Waals surface area contributed by atoms with Gasteiger partial charge in [-0.15, -0.1) is 18.7 Å². The number of piperazine rings is 1. The lowest BCUT2D eigenvalue weighted by molar-refractivity contribution is -0.272. The van der Waals surface area contributed by atoms with Gasteiger partial charge in [0.2, 0.25) is 5.43 Å². The van der Waals surface area contributed by atoms with Crippen molar-refractivity contribution in [3.05, 3.63) is 39.9 Å². The van der Waals surface area contributed by atoms with E-state index in [1.54, 1.807) is 38.3 Å². The molecule has 264 valence electrons. The van der Waals surface area contributed by atoms with Gasteiger partial charge in [0.05, 0.1) is 37.6 Å². The summed E-state index contributed by atoms with van der Waals surface area (Å²) in [6.45, 7) is 8.07. The highest BCUT2D eigenvalue weighted by atomic mass is 31.2. The van der Waals surface area contributed by atoms with Gasteiger partial charge in [0.1, 0.15) is 11.4 Å². The fourth-order valence-electron chi connectivity index (χ4n) is 5.14. The van der Waals surface area contributed by atoms with Crippen LogP contribution in [0.3, 0.4) is 0 Å². The summed E-state index contributed by atoms with van der Waals surface area (Å²) in [6, 6.07) is 2.75. The maximum Gasteiger partial charge on any atom is 0.399 e. The fraction of sp³-hybridized carbons (Fsp3) is 0.643. The molecule has 2 aliphatic rings. The van der Waals surface area contributed by atoms with Gasteiger partial charge < -0.3 is 14.6 Å². The van der Waals surface area contributed by atoms with Gasteiger partial charge in [0.15, 0.2) is 5.40 Å². The lowest BCUT2D eigenvalue weighted by atomic mass is 10.1. The highest BCUT2D eigenvalue weighted by molar-refractivity contribution is 7.72. The normalized spacial score (nSPS) is 16.4. The van der Waals surface area contributed by atoms with E-state index in [0.29, 0.717) is 31.7 Å². The van der Waals surface area contributed by atoms with Crippen LogP contribution in [0.1, 0.15) is 63.4 Å². The summed E-state index contributed by atoms with van der Waals surface area (Å²) < 4.78 is 65.6. The van der Waals surface area contributed by atoms with E-state index in [1.165, 1.54) is 6.20 Å². The molecule has 1 aliphatic heterocycles. The van der Waals surface area contributed by atoms with Crippen molar-refractivity contribution < 1.29 is 61.7 Å². The summed E-state index contributed by atoms with van der Waals surface area (Å²) in [5.74, 6) is -2.00. The fourth-order valence-corrected chi connectivity index (χ4v) is 9.30. The molecule has 47 heavy (non-hydrogen) atoms. The van der Waals surface area contributed by atoms with E-state index in [2.05, 4.69) is 0 Å². The number of fused-ring (bicyclic) bond motifs is 1. The quantitative estimate of drug-likeness (QED) is 0.107. The number of aromatic nitrogens is 1.